The highest BCUT2D eigenvalue weighted by molar-refractivity contribution is 6.10. The lowest BCUT2D eigenvalue weighted by Gasteiger charge is -2.26. The van der Waals surface area contributed by atoms with E-state index in [9.17, 15) is 4.79 Å². The van der Waals surface area contributed by atoms with Crippen LogP contribution in [0.4, 0.5) is 5.82 Å². The quantitative estimate of drug-likeness (QED) is 0.302. The van der Waals surface area contributed by atoms with Crippen molar-refractivity contribution in [3.8, 4) is 0 Å². The van der Waals surface area contributed by atoms with Crippen LogP contribution >= 0.6 is 0 Å². The van der Waals surface area contributed by atoms with E-state index >= 15 is 0 Å². The molecule has 8 nitrogen and oxygen atoms in total. The maximum atomic E-state index is 12.0. The molecule has 8 heteroatoms. The summed E-state index contributed by atoms with van der Waals surface area (Å²) in [6, 6.07) is 12.0. The minimum atomic E-state index is -0.417. The molecule has 34 heavy (non-hydrogen) atoms. The molecule has 0 atom stereocenters. The molecule has 3 aromatic heterocycles. The van der Waals surface area contributed by atoms with E-state index < -0.39 is 5.97 Å². The number of aromatic nitrogens is 4. The van der Waals surface area contributed by atoms with Crippen molar-refractivity contribution in [1.29, 1.82) is 0 Å². The molecular weight excluding hydrogens is 428 g/mol. The Bertz CT molecular complexity index is 1280. The summed E-state index contributed by atoms with van der Waals surface area (Å²) >= 11 is 0. The number of nitrogens with one attached hydrogen (secondary N) is 2. The molecule has 0 spiro atoms. The number of methoxy groups -OCH3 is 1. The topological polar surface area (TPSA) is 96.0 Å². The van der Waals surface area contributed by atoms with Gasteiger partial charge in [0.05, 0.1) is 23.6 Å². The Hall–Kier alpha value is -3.52. The normalized spacial score (nSPS) is 14.5. The number of anilines is 1. The molecule has 2 N–H and O–H groups in total. The maximum absolute atomic E-state index is 12.0. The molecule has 0 amide bonds. The van der Waals surface area contributed by atoms with Gasteiger partial charge in [0.25, 0.3) is 0 Å². The van der Waals surface area contributed by atoms with Gasteiger partial charge in [0.1, 0.15) is 22.8 Å². The van der Waals surface area contributed by atoms with Crippen molar-refractivity contribution in [2.24, 2.45) is 0 Å². The Labute approximate surface area is 198 Å². The molecule has 0 saturated carbocycles. The van der Waals surface area contributed by atoms with Crippen molar-refractivity contribution < 1.29 is 9.53 Å². The standard InChI is InChI=1S/C26H30N6O2/c1-34-26(33)19-16-20-23(28-17-19)22-24(27-11-8-14-32-12-6-3-7-13-32)30-21(31-25(22)29-20)15-18-9-4-2-5-10-18/h2,4-5,9-10,16-17H,3,6-8,11-15H2,1H3,(H2,27,29,30,31). The monoisotopic (exact) mass is 458 g/mol. The van der Waals surface area contributed by atoms with Crippen LogP contribution in [0.15, 0.2) is 42.6 Å². The van der Waals surface area contributed by atoms with Crippen LogP contribution < -0.4 is 5.32 Å². The highest BCUT2D eigenvalue weighted by Gasteiger charge is 2.17. The van der Waals surface area contributed by atoms with E-state index in [-0.39, 0.29) is 0 Å². The van der Waals surface area contributed by atoms with Gasteiger partial charge in [-0.1, -0.05) is 36.8 Å². The Kier molecular flexibility index (Phi) is 6.67. The van der Waals surface area contributed by atoms with Gasteiger partial charge in [-0.25, -0.2) is 14.8 Å². The van der Waals surface area contributed by atoms with Crippen molar-refractivity contribution in [2.75, 3.05) is 38.6 Å². The molecule has 1 saturated heterocycles. The first-order chi connectivity index (χ1) is 16.7. The number of likely N-dealkylation sites (tertiary alicyclic amines) is 1. The lowest BCUT2D eigenvalue weighted by atomic mass is 10.1. The summed E-state index contributed by atoms with van der Waals surface area (Å²) in [6.45, 7) is 4.31. The number of benzene rings is 1. The van der Waals surface area contributed by atoms with Crippen LogP contribution in [0.2, 0.25) is 0 Å². The summed E-state index contributed by atoms with van der Waals surface area (Å²) in [5.74, 6) is 1.09. The fraction of sp³-hybridized carbons (Fsp3) is 0.385. The first kappa shape index (κ1) is 22.3. The Morgan fingerprint density at radius 2 is 1.97 bits per heavy atom. The number of piperidine rings is 1. The molecule has 0 bridgehead atoms. The van der Waals surface area contributed by atoms with Gasteiger partial charge in [-0.15, -0.1) is 0 Å². The smallest absolute Gasteiger partial charge is 0.339 e. The zero-order valence-corrected chi connectivity index (χ0v) is 19.5. The second-order valence-electron chi connectivity index (χ2n) is 8.79. The molecule has 1 aliphatic heterocycles. The fourth-order valence-electron chi connectivity index (χ4n) is 4.62. The van der Waals surface area contributed by atoms with Gasteiger partial charge in [0, 0.05) is 19.2 Å². The summed E-state index contributed by atoms with van der Waals surface area (Å²) in [4.78, 5) is 32.1. The van der Waals surface area contributed by atoms with E-state index in [0.717, 1.165) is 53.1 Å². The van der Waals surface area contributed by atoms with E-state index in [4.69, 9.17) is 14.7 Å². The third-order valence-corrected chi connectivity index (χ3v) is 6.35. The largest absolute Gasteiger partial charge is 0.465 e. The zero-order chi connectivity index (χ0) is 23.3. The van der Waals surface area contributed by atoms with Crippen LogP contribution in [0, 0.1) is 0 Å². The average Bonchev–Trinajstić information content (AvgIpc) is 3.25. The summed E-state index contributed by atoms with van der Waals surface area (Å²) in [5, 5.41) is 4.40. The number of ether oxygens (including phenoxy) is 1. The predicted molar refractivity (Wildman–Crippen MR) is 133 cm³/mol. The molecule has 0 radical (unpaired) electrons. The molecule has 0 unspecified atom stereocenters. The number of fused-ring (bicyclic) bond motifs is 3. The van der Waals surface area contributed by atoms with E-state index in [2.05, 4.69) is 32.3 Å². The molecule has 5 rings (SSSR count). The van der Waals surface area contributed by atoms with Crippen molar-refractivity contribution >= 4 is 33.9 Å². The Morgan fingerprint density at radius 3 is 2.76 bits per heavy atom. The molecule has 0 aliphatic carbocycles. The second-order valence-corrected chi connectivity index (χ2v) is 8.79. The number of hydrogen-bond donors (Lipinski definition) is 2. The van der Waals surface area contributed by atoms with Crippen LogP contribution in [0.5, 0.6) is 0 Å². The number of esters is 1. The molecule has 1 fully saturated rings. The Balaban J connectivity index is 1.45. The summed E-state index contributed by atoms with van der Waals surface area (Å²) in [7, 11) is 1.37. The number of hydrogen-bond acceptors (Lipinski definition) is 7. The number of carbonyl (C=O) groups is 1. The van der Waals surface area contributed by atoms with Crippen molar-refractivity contribution in [1.82, 2.24) is 24.8 Å². The maximum Gasteiger partial charge on any atom is 0.339 e. The van der Waals surface area contributed by atoms with E-state index in [0.29, 0.717) is 17.6 Å². The van der Waals surface area contributed by atoms with Gasteiger partial charge in [0.2, 0.25) is 0 Å². The predicted octanol–water partition coefficient (Wildman–Crippen LogP) is 4.17. The third-order valence-electron chi connectivity index (χ3n) is 6.35. The summed E-state index contributed by atoms with van der Waals surface area (Å²) < 4.78 is 4.85. The number of carbonyl (C=O) groups excluding carboxylic acids is 1. The van der Waals surface area contributed by atoms with E-state index in [1.807, 2.05) is 18.2 Å². The lowest BCUT2D eigenvalue weighted by molar-refractivity contribution is 0.0600. The van der Waals surface area contributed by atoms with Gasteiger partial charge in [-0.2, -0.15) is 0 Å². The molecule has 176 valence electrons. The first-order valence-electron chi connectivity index (χ1n) is 12.0. The van der Waals surface area contributed by atoms with Gasteiger partial charge < -0.3 is 19.9 Å². The molecular formula is C26H30N6O2. The molecule has 1 aromatic carbocycles. The molecule has 4 aromatic rings. The minimum Gasteiger partial charge on any atom is -0.465 e. The number of pyridine rings is 1. The van der Waals surface area contributed by atoms with Crippen LogP contribution in [-0.4, -0.2) is 64.1 Å². The van der Waals surface area contributed by atoms with Crippen molar-refractivity contribution in [3.05, 3.63) is 59.5 Å². The van der Waals surface area contributed by atoms with Crippen LogP contribution in [0.1, 0.15) is 47.4 Å². The van der Waals surface area contributed by atoms with Crippen LogP contribution in [0.25, 0.3) is 22.1 Å². The number of rotatable bonds is 8. The van der Waals surface area contributed by atoms with Gasteiger partial charge in [-0.3, -0.25) is 4.98 Å². The highest BCUT2D eigenvalue weighted by atomic mass is 16.5. The Morgan fingerprint density at radius 1 is 1.15 bits per heavy atom. The zero-order valence-electron chi connectivity index (χ0n) is 19.5. The van der Waals surface area contributed by atoms with Crippen molar-refractivity contribution in [3.63, 3.8) is 0 Å². The second kappa shape index (κ2) is 10.2. The number of aromatic amines is 1. The minimum absolute atomic E-state index is 0.398. The third kappa shape index (κ3) is 4.87. The fourth-order valence-corrected chi connectivity index (χ4v) is 4.62. The lowest BCUT2D eigenvalue weighted by Crippen LogP contribution is -2.31. The summed E-state index contributed by atoms with van der Waals surface area (Å²) in [5.41, 5.74) is 3.74. The van der Waals surface area contributed by atoms with Gasteiger partial charge in [0.15, 0.2) is 0 Å². The van der Waals surface area contributed by atoms with Gasteiger partial charge >= 0.3 is 5.97 Å². The van der Waals surface area contributed by atoms with E-state index in [1.54, 1.807) is 12.3 Å². The van der Waals surface area contributed by atoms with Gasteiger partial charge in [-0.05, 0) is 50.5 Å². The average molecular weight is 459 g/mol. The SMILES string of the molecule is COC(=O)c1cnc2c(c1)[nH]c1nc(Cc3ccccc3)nc(NCCCN3CCCCC3)c12. The van der Waals surface area contributed by atoms with Crippen molar-refractivity contribution in [2.45, 2.75) is 32.1 Å². The highest BCUT2D eigenvalue weighted by Crippen LogP contribution is 2.29. The summed E-state index contributed by atoms with van der Waals surface area (Å²) in [6.07, 6.45) is 7.18. The molecule has 4 heterocycles. The van der Waals surface area contributed by atoms with E-state index in [1.165, 1.54) is 39.5 Å². The van der Waals surface area contributed by atoms with Crippen LogP contribution in [-0.2, 0) is 11.2 Å². The first-order valence-corrected chi connectivity index (χ1v) is 12.0. The number of nitrogens with zero attached hydrogens (tertiary/aromatic N) is 4. The number of H-pyrrole nitrogens is 1. The molecule has 1 aliphatic rings. The van der Waals surface area contributed by atoms with Crippen LogP contribution in [0.3, 0.4) is 0 Å².